The van der Waals surface area contributed by atoms with Gasteiger partial charge in [-0.15, -0.1) is 5.10 Å². The van der Waals surface area contributed by atoms with E-state index in [1.165, 1.54) is 10.7 Å². The zero-order valence-corrected chi connectivity index (χ0v) is 23.3. The van der Waals surface area contributed by atoms with Crippen LogP contribution in [0.25, 0.3) is 0 Å². The summed E-state index contributed by atoms with van der Waals surface area (Å²) in [5, 5.41) is 27.9. The Morgan fingerprint density at radius 3 is 2.85 bits per heavy atom. The van der Waals surface area contributed by atoms with E-state index in [1.807, 2.05) is 13.8 Å². The molecule has 0 bridgehead atoms. The van der Waals surface area contributed by atoms with Crippen molar-refractivity contribution in [1.29, 1.82) is 0 Å². The quantitative estimate of drug-likeness (QED) is 0.103. The molecule has 0 aliphatic carbocycles. The molecule has 2 aromatic rings. The van der Waals surface area contributed by atoms with Gasteiger partial charge in [-0.2, -0.15) is 0 Å². The van der Waals surface area contributed by atoms with E-state index in [9.17, 15) is 19.4 Å². The molecule has 222 valence electrons. The molecular weight excluding hydrogens is 535 g/mol. The topological polar surface area (TPSA) is 175 Å². The van der Waals surface area contributed by atoms with E-state index in [2.05, 4.69) is 26.3 Å². The molecule has 4 rings (SSSR count). The maximum atomic E-state index is 12.7. The molecular formula is C26H37BN6O8. The molecule has 1 amide bonds. The van der Waals surface area contributed by atoms with Crippen LogP contribution in [-0.4, -0.2) is 83.6 Å². The summed E-state index contributed by atoms with van der Waals surface area (Å²) < 4.78 is 22.8. The Morgan fingerprint density at radius 2 is 2.10 bits per heavy atom. The number of hydrogen-bond donors (Lipinski definition) is 4. The predicted molar refractivity (Wildman–Crippen MR) is 145 cm³/mol. The first-order valence-electron chi connectivity index (χ1n) is 13.9. The molecule has 0 radical (unpaired) electrons. The number of aromatic nitrogens is 3. The molecule has 14 nitrogen and oxygen atoms in total. The highest BCUT2D eigenvalue weighted by Crippen LogP contribution is 2.30. The van der Waals surface area contributed by atoms with Gasteiger partial charge in [0, 0.05) is 12.6 Å². The van der Waals surface area contributed by atoms with E-state index < -0.39 is 37.7 Å². The zero-order valence-electron chi connectivity index (χ0n) is 23.3. The van der Waals surface area contributed by atoms with E-state index in [0.717, 1.165) is 19.5 Å². The van der Waals surface area contributed by atoms with Gasteiger partial charge >= 0.3 is 19.1 Å². The molecule has 4 N–H and O–H groups in total. The largest absolute Gasteiger partial charge is 0.547 e. The fraction of sp³-hybridized carbons (Fsp3) is 0.577. The van der Waals surface area contributed by atoms with Crippen LogP contribution in [-0.2, 0) is 43.4 Å². The number of amides is 1. The van der Waals surface area contributed by atoms with Crippen molar-refractivity contribution in [2.45, 2.75) is 64.7 Å². The highest BCUT2D eigenvalue weighted by atomic mass is 16.7. The van der Waals surface area contributed by atoms with Gasteiger partial charge in [-0.1, -0.05) is 31.2 Å². The monoisotopic (exact) mass is 572 g/mol. The molecule has 1 aromatic heterocycles. The predicted octanol–water partition coefficient (Wildman–Crippen LogP) is -0.0630. The molecule has 15 heteroatoms. The van der Waals surface area contributed by atoms with Crippen molar-refractivity contribution in [3.8, 4) is 5.75 Å². The molecule has 3 heterocycles. The molecule has 2 aliphatic rings. The fourth-order valence-electron chi connectivity index (χ4n) is 4.71. The standard InChI is InChI=1S/C26H37BN6O8/c1-3-17(4-2)25(35)39-16-40-26(36)21-7-5-6-18-10-22(27(37)41-24(18)21)30-23(34)13-33-12-20(31-32-33)14-38-15-29-19-8-9-28-11-19/h5-7,12,17,19,22,28-29,37H,3-4,8-11,13-16H2,1-2H3,(H,30,34)/t19-,22-/m0/s1. The van der Waals surface area contributed by atoms with Gasteiger partial charge in [0.2, 0.25) is 12.7 Å². The number of benzene rings is 1. The Hall–Kier alpha value is -3.53. The van der Waals surface area contributed by atoms with Crippen LogP contribution in [0.1, 0.15) is 54.7 Å². The molecule has 0 unspecified atom stereocenters. The molecule has 2 aliphatic heterocycles. The Bertz CT molecular complexity index is 1190. The summed E-state index contributed by atoms with van der Waals surface area (Å²) in [6, 6.07) is 5.26. The van der Waals surface area contributed by atoms with Crippen LogP contribution in [0.3, 0.4) is 0 Å². The van der Waals surface area contributed by atoms with Crippen molar-refractivity contribution in [2.24, 2.45) is 5.92 Å². The third kappa shape index (κ3) is 8.49. The lowest BCUT2D eigenvalue weighted by molar-refractivity contribution is -0.157. The third-order valence-corrected chi connectivity index (χ3v) is 7.07. The van der Waals surface area contributed by atoms with Crippen LogP contribution in [0.4, 0.5) is 0 Å². The fourth-order valence-corrected chi connectivity index (χ4v) is 4.71. The summed E-state index contributed by atoms with van der Waals surface area (Å²) in [6.45, 7) is 5.70. The normalized spacial score (nSPS) is 18.1. The summed E-state index contributed by atoms with van der Waals surface area (Å²) in [5.74, 6) is -2.44. The summed E-state index contributed by atoms with van der Waals surface area (Å²) in [7, 11) is -1.41. The van der Waals surface area contributed by atoms with Crippen LogP contribution in [0.5, 0.6) is 5.75 Å². The Kier molecular flexibility index (Phi) is 11.1. The first-order chi connectivity index (χ1) is 19.9. The SMILES string of the molecule is CCC(CC)C(=O)OCOC(=O)c1cccc2c1OB(O)[C@@H](NC(=O)Cn1cc(COCN[C@H]3CCNC3)nn1)C2. The molecule has 1 fully saturated rings. The zero-order chi connectivity index (χ0) is 29.2. The van der Waals surface area contributed by atoms with Crippen LogP contribution in [0.15, 0.2) is 24.4 Å². The van der Waals surface area contributed by atoms with Crippen LogP contribution in [0, 0.1) is 5.92 Å². The van der Waals surface area contributed by atoms with Crippen molar-refractivity contribution in [3.05, 3.63) is 41.2 Å². The van der Waals surface area contributed by atoms with Gasteiger partial charge in [-0.05, 0) is 43.9 Å². The van der Waals surface area contributed by atoms with Crippen molar-refractivity contribution in [1.82, 2.24) is 30.9 Å². The lowest BCUT2D eigenvalue weighted by atomic mass is 9.72. The number of nitrogens with one attached hydrogen (secondary N) is 3. The first-order valence-corrected chi connectivity index (χ1v) is 13.9. The highest BCUT2D eigenvalue weighted by Gasteiger charge is 2.38. The number of ether oxygens (including phenoxy) is 3. The molecule has 1 aromatic carbocycles. The number of carbonyl (C=O) groups excluding carboxylic acids is 3. The van der Waals surface area contributed by atoms with Crippen LogP contribution in [0.2, 0.25) is 0 Å². The minimum atomic E-state index is -1.41. The van der Waals surface area contributed by atoms with Crippen LogP contribution < -0.4 is 20.6 Å². The third-order valence-electron chi connectivity index (χ3n) is 7.07. The number of fused-ring (bicyclic) bond motifs is 1. The van der Waals surface area contributed by atoms with Gasteiger partial charge < -0.3 is 34.5 Å². The molecule has 2 atom stereocenters. The average molecular weight is 572 g/mol. The highest BCUT2D eigenvalue weighted by molar-refractivity contribution is 6.47. The van der Waals surface area contributed by atoms with Gasteiger partial charge in [0.15, 0.2) is 0 Å². The summed E-state index contributed by atoms with van der Waals surface area (Å²) in [6.07, 6.45) is 4.16. The Labute approximate surface area is 238 Å². The van der Waals surface area contributed by atoms with E-state index in [0.29, 0.717) is 36.9 Å². The van der Waals surface area contributed by atoms with Crippen molar-refractivity contribution in [2.75, 3.05) is 26.6 Å². The summed E-state index contributed by atoms with van der Waals surface area (Å²) in [5.41, 5.74) is 1.27. The second kappa shape index (κ2) is 14.9. The maximum Gasteiger partial charge on any atom is 0.547 e. The number of para-hydroxylation sites is 1. The number of nitrogens with zero attached hydrogens (tertiary/aromatic N) is 3. The summed E-state index contributed by atoms with van der Waals surface area (Å²) >= 11 is 0. The van der Waals surface area contributed by atoms with Gasteiger partial charge in [0.25, 0.3) is 0 Å². The average Bonchev–Trinajstić information content (AvgIpc) is 3.64. The minimum Gasteiger partial charge on any atom is -0.534 e. The van der Waals surface area contributed by atoms with Gasteiger partial charge in [0.1, 0.15) is 23.6 Å². The van der Waals surface area contributed by atoms with Gasteiger partial charge in [-0.3, -0.25) is 14.9 Å². The second-order valence-corrected chi connectivity index (χ2v) is 10.0. The number of esters is 2. The van der Waals surface area contributed by atoms with E-state index in [1.54, 1.807) is 18.3 Å². The van der Waals surface area contributed by atoms with Gasteiger partial charge in [-0.25, -0.2) is 9.48 Å². The first kappa shape index (κ1) is 30.4. The Balaban J connectivity index is 1.24. The number of hydrogen-bond acceptors (Lipinski definition) is 12. The maximum absolute atomic E-state index is 12.7. The molecule has 0 saturated carbocycles. The second-order valence-electron chi connectivity index (χ2n) is 10.0. The van der Waals surface area contributed by atoms with E-state index in [-0.39, 0.29) is 36.8 Å². The van der Waals surface area contributed by atoms with Gasteiger partial charge in [0.05, 0.1) is 31.4 Å². The number of rotatable bonds is 14. The van der Waals surface area contributed by atoms with Crippen LogP contribution >= 0.6 is 0 Å². The van der Waals surface area contributed by atoms with E-state index in [4.69, 9.17) is 18.9 Å². The number of carbonyl (C=O) groups is 3. The molecule has 0 spiro atoms. The lowest BCUT2D eigenvalue weighted by Gasteiger charge is -2.29. The Morgan fingerprint density at radius 1 is 1.27 bits per heavy atom. The molecule has 41 heavy (non-hydrogen) atoms. The lowest BCUT2D eigenvalue weighted by Crippen LogP contribution is -2.53. The minimum absolute atomic E-state index is 0.0809. The summed E-state index contributed by atoms with van der Waals surface area (Å²) in [4.78, 5) is 37.3. The van der Waals surface area contributed by atoms with Crippen molar-refractivity contribution >= 4 is 25.0 Å². The smallest absolute Gasteiger partial charge is 0.534 e. The molecule has 1 saturated heterocycles. The van der Waals surface area contributed by atoms with Crippen molar-refractivity contribution in [3.63, 3.8) is 0 Å². The van der Waals surface area contributed by atoms with E-state index >= 15 is 0 Å². The van der Waals surface area contributed by atoms with Crippen molar-refractivity contribution < 1.29 is 38.3 Å².